The number of hydrogen-bond acceptors (Lipinski definition) is 3. The van der Waals surface area contributed by atoms with Crippen LogP contribution in [0.4, 0.5) is 10.1 Å². The highest BCUT2D eigenvalue weighted by Crippen LogP contribution is 2.59. The molecule has 6 aromatic rings. The van der Waals surface area contributed by atoms with Gasteiger partial charge in [-0.05, 0) is 29.0 Å². The van der Waals surface area contributed by atoms with E-state index in [0.29, 0.717) is 50.4 Å². The molecule has 0 radical (unpaired) electrons. The number of rotatable bonds is 2. The van der Waals surface area contributed by atoms with Crippen LogP contribution in [0.5, 0.6) is 11.5 Å². The predicted molar refractivity (Wildman–Crippen MR) is 153 cm³/mol. The van der Waals surface area contributed by atoms with E-state index in [1.807, 2.05) is 78.9 Å². The van der Waals surface area contributed by atoms with E-state index in [0.717, 1.165) is 16.2 Å². The van der Waals surface area contributed by atoms with Crippen molar-refractivity contribution in [2.75, 3.05) is 5.32 Å². The molecule has 1 unspecified atom stereocenters. The molecule has 1 amide bonds. The molecule has 6 aromatic carbocycles. The van der Waals surface area contributed by atoms with Crippen LogP contribution in [0.15, 0.2) is 115 Å². The van der Waals surface area contributed by atoms with Gasteiger partial charge in [-0.3, -0.25) is 9.59 Å². The molecule has 0 saturated heterocycles. The van der Waals surface area contributed by atoms with Crippen LogP contribution in [0.1, 0.15) is 32.6 Å². The van der Waals surface area contributed by atoms with E-state index >= 15 is 0 Å². The summed E-state index contributed by atoms with van der Waals surface area (Å²) in [6, 6.07) is 34.4. The summed E-state index contributed by atoms with van der Waals surface area (Å²) in [7, 11) is 0. The third-order valence-electron chi connectivity index (χ3n) is 8.14. The summed E-state index contributed by atoms with van der Waals surface area (Å²) in [5, 5.41) is 6.19. The smallest absolute Gasteiger partial charge is 0.244 e. The minimum absolute atomic E-state index is 0.150. The molecule has 40 heavy (non-hydrogen) atoms. The average Bonchev–Trinajstić information content (AvgIpc) is 3.28. The fraction of sp³-hybridized carbons (Fsp3) is 0.0286. The summed E-state index contributed by atoms with van der Waals surface area (Å²) >= 11 is 0. The molecule has 0 aromatic heterocycles. The molecule has 0 fully saturated rings. The summed E-state index contributed by atoms with van der Waals surface area (Å²) in [6.07, 6.45) is 0. The minimum atomic E-state index is -1.37. The van der Waals surface area contributed by atoms with Crippen molar-refractivity contribution in [1.29, 1.82) is 0 Å². The molecular formula is C35H20FNO3. The Bertz CT molecular complexity index is 2070. The van der Waals surface area contributed by atoms with Crippen molar-refractivity contribution in [2.45, 2.75) is 5.41 Å². The van der Waals surface area contributed by atoms with Crippen molar-refractivity contribution >= 4 is 38.9 Å². The molecular weight excluding hydrogens is 501 g/mol. The maximum atomic E-state index is 14.8. The van der Waals surface area contributed by atoms with Crippen molar-refractivity contribution in [3.8, 4) is 11.5 Å². The highest BCUT2D eigenvalue weighted by Gasteiger charge is 2.55. The zero-order valence-corrected chi connectivity index (χ0v) is 21.1. The lowest BCUT2D eigenvalue weighted by atomic mass is 9.67. The fourth-order valence-electron chi connectivity index (χ4n) is 6.39. The largest absolute Gasteiger partial charge is 0.455 e. The molecule has 1 atom stereocenters. The minimum Gasteiger partial charge on any atom is -0.455 e. The monoisotopic (exact) mass is 521 g/mol. The molecule has 1 spiro atoms. The van der Waals surface area contributed by atoms with Gasteiger partial charge in [0, 0.05) is 44.3 Å². The van der Waals surface area contributed by atoms with Crippen LogP contribution < -0.4 is 10.1 Å². The number of fused-ring (bicyclic) bond motifs is 10. The Morgan fingerprint density at radius 3 is 2.27 bits per heavy atom. The fourth-order valence-corrected chi connectivity index (χ4v) is 6.39. The topological polar surface area (TPSA) is 55.4 Å². The second-order valence-electron chi connectivity index (χ2n) is 10.2. The summed E-state index contributed by atoms with van der Waals surface area (Å²) in [4.78, 5) is 28.0. The third-order valence-corrected chi connectivity index (χ3v) is 8.14. The van der Waals surface area contributed by atoms with Crippen LogP contribution in [-0.2, 0) is 10.2 Å². The Balaban J connectivity index is 1.53. The van der Waals surface area contributed by atoms with Gasteiger partial charge >= 0.3 is 0 Å². The van der Waals surface area contributed by atoms with Crippen molar-refractivity contribution in [1.82, 2.24) is 0 Å². The van der Waals surface area contributed by atoms with Gasteiger partial charge in [0.15, 0.2) is 5.78 Å². The SMILES string of the molecule is O=C(c1ccccc1)c1cccc2ccc3c(c12)Oc1c(ccc2ccccc12)C31C(=O)Nc2ccc(F)cc21. The summed E-state index contributed by atoms with van der Waals surface area (Å²) in [5.41, 5.74) is 1.91. The number of halogens is 1. The van der Waals surface area contributed by atoms with Crippen LogP contribution in [0.3, 0.4) is 0 Å². The van der Waals surface area contributed by atoms with Crippen molar-refractivity contribution in [2.24, 2.45) is 0 Å². The van der Waals surface area contributed by atoms with E-state index in [2.05, 4.69) is 5.32 Å². The lowest BCUT2D eigenvalue weighted by Gasteiger charge is -2.37. The van der Waals surface area contributed by atoms with Gasteiger partial charge < -0.3 is 10.1 Å². The number of ether oxygens (including phenoxy) is 1. The van der Waals surface area contributed by atoms with Gasteiger partial charge in [-0.15, -0.1) is 0 Å². The first-order valence-corrected chi connectivity index (χ1v) is 13.0. The highest BCUT2D eigenvalue weighted by atomic mass is 19.1. The van der Waals surface area contributed by atoms with Crippen molar-refractivity contribution < 1.29 is 18.7 Å². The van der Waals surface area contributed by atoms with Gasteiger partial charge in [-0.2, -0.15) is 0 Å². The second kappa shape index (κ2) is 8.10. The van der Waals surface area contributed by atoms with E-state index in [4.69, 9.17) is 4.74 Å². The van der Waals surface area contributed by atoms with Crippen LogP contribution in [-0.4, -0.2) is 11.7 Å². The van der Waals surface area contributed by atoms with Gasteiger partial charge in [0.05, 0.1) is 0 Å². The normalized spacial score (nSPS) is 16.8. The Morgan fingerprint density at radius 2 is 1.43 bits per heavy atom. The highest BCUT2D eigenvalue weighted by molar-refractivity contribution is 6.20. The van der Waals surface area contributed by atoms with Gasteiger partial charge in [0.25, 0.3) is 0 Å². The Morgan fingerprint density at radius 1 is 0.700 bits per heavy atom. The van der Waals surface area contributed by atoms with Crippen LogP contribution in [0.2, 0.25) is 0 Å². The molecule has 4 nitrogen and oxygen atoms in total. The quantitative estimate of drug-likeness (QED) is 0.237. The lowest BCUT2D eigenvalue weighted by molar-refractivity contribution is -0.118. The van der Waals surface area contributed by atoms with Crippen LogP contribution in [0.25, 0.3) is 21.5 Å². The summed E-state index contributed by atoms with van der Waals surface area (Å²) < 4.78 is 21.6. The zero-order valence-electron chi connectivity index (χ0n) is 21.1. The Labute approximate surface area is 228 Å². The first-order valence-electron chi connectivity index (χ1n) is 13.0. The number of benzene rings is 6. The van der Waals surface area contributed by atoms with Crippen LogP contribution >= 0.6 is 0 Å². The number of carbonyl (C=O) groups excluding carboxylic acids is 2. The Kier molecular flexibility index (Phi) is 4.59. The molecule has 8 rings (SSSR count). The van der Waals surface area contributed by atoms with Gasteiger partial charge in [-0.1, -0.05) is 97.1 Å². The molecule has 2 aliphatic heterocycles. The zero-order chi connectivity index (χ0) is 27.0. The van der Waals surface area contributed by atoms with E-state index in [1.54, 1.807) is 24.3 Å². The van der Waals surface area contributed by atoms with E-state index in [1.165, 1.54) is 12.1 Å². The Hall–Kier alpha value is -5.29. The van der Waals surface area contributed by atoms with E-state index in [-0.39, 0.29) is 11.7 Å². The number of nitrogens with one attached hydrogen (secondary N) is 1. The lowest BCUT2D eigenvalue weighted by Crippen LogP contribution is -2.39. The molecule has 0 saturated carbocycles. The molecule has 2 aliphatic rings. The van der Waals surface area contributed by atoms with Gasteiger partial charge in [-0.25, -0.2) is 4.39 Å². The van der Waals surface area contributed by atoms with E-state index < -0.39 is 11.2 Å². The number of ketones is 1. The summed E-state index contributed by atoms with van der Waals surface area (Å²) in [6.45, 7) is 0. The van der Waals surface area contributed by atoms with Crippen molar-refractivity contribution in [3.05, 3.63) is 149 Å². The third kappa shape index (κ3) is 2.89. The average molecular weight is 522 g/mol. The molecule has 0 bridgehead atoms. The number of carbonyl (C=O) groups is 2. The number of amides is 1. The van der Waals surface area contributed by atoms with E-state index in [9.17, 15) is 14.0 Å². The molecule has 190 valence electrons. The van der Waals surface area contributed by atoms with Crippen molar-refractivity contribution in [3.63, 3.8) is 0 Å². The first kappa shape index (κ1) is 22.7. The van der Waals surface area contributed by atoms with Crippen LogP contribution in [0, 0.1) is 5.82 Å². The summed E-state index contributed by atoms with van der Waals surface area (Å²) in [5.74, 6) is 0.0650. The maximum Gasteiger partial charge on any atom is 0.244 e. The molecule has 2 heterocycles. The standard InChI is InChI=1S/C35H20FNO3/c36-23-15-18-29-28(19-23)35(34(39)37-29)26-16-13-20-7-4-5-11-24(20)32(26)40-33-27(35)17-14-21-10-6-12-25(30(21)33)31(38)22-8-2-1-3-9-22/h1-19H,(H,37,39). The van der Waals surface area contributed by atoms with Gasteiger partial charge in [0.1, 0.15) is 22.7 Å². The van der Waals surface area contributed by atoms with Gasteiger partial charge in [0.2, 0.25) is 5.91 Å². The first-order chi connectivity index (χ1) is 19.6. The number of hydrogen-bond donors (Lipinski definition) is 1. The maximum absolute atomic E-state index is 14.8. The predicted octanol–water partition coefficient (Wildman–Crippen LogP) is 7.76. The number of anilines is 1. The molecule has 5 heteroatoms. The molecule has 1 N–H and O–H groups in total. The second-order valence-corrected chi connectivity index (χ2v) is 10.2. The molecule has 0 aliphatic carbocycles.